The van der Waals surface area contributed by atoms with E-state index in [1.54, 1.807) is 12.1 Å². The molecule has 0 N–H and O–H groups in total. The van der Waals surface area contributed by atoms with Gasteiger partial charge in [0.15, 0.2) is 0 Å². The second-order valence-corrected chi connectivity index (χ2v) is 9.03. The highest BCUT2D eigenvalue weighted by Crippen LogP contribution is 2.27. The van der Waals surface area contributed by atoms with E-state index in [0.29, 0.717) is 10.0 Å². The Kier molecular flexibility index (Phi) is 3.27. The molecule has 72 valence electrons. The van der Waals surface area contributed by atoms with Gasteiger partial charge in [0.2, 0.25) is 8.32 Å². The minimum atomic E-state index is -1.54. The second kappa shape index (κ2) is 3.90. The fraction of sp³-hybridized carbons (Fsp3) is 0.333. The van der Waals surface area contributed by atoms with Gasteiger partial charge < -0.3 is 4.43 Å². The SMILES string of the molecule is C[Si](C)(C)Oc1ccc(Cl)c(Cl)c1. The maximum absolute atomic E-state index is 5.85. The number of hydrogen-bond acceptors (Lipinski definition) is 1. The molecule has 0 spiro atoms. The van der Waals surface area contributed by atoms with Crippen molar-refractivity contribution in [1.29, 1.82) is 0 Å². The summed E-state index contributed by atoms with van der Waals surface area (Å²) in [6, 6.07) is 5.34. The van der Waals surface area contributed by atoms with Gasteiger partial charge in [0.25, 0.3) is 0 Å². The van der Waals surface area contributed by atoms with Crippen LogP contribution in [0.4, 0.5) is 0 Å². The summed E-state index contributed by atoms with van der Waals surface area (Å²) in [5.41, 5.74) is 0. The summed E-state index contributed by atoms with van der Waals surface area (Å²) in [6.07, 6.45) is 0. The van der Waals surface area contributed by atoms with Crippen molar-refractivity contribution in [3.63, 3.8) is 0 Å². The van der Waals surface area contributed by atoms with E-state index in [4.69, 9.17) is 27.6 Å². The van der Waals surface area contributed by atoms with E-state index in [0.717, 1.165) is 5.75 Å². The molecule has 4 heteroatoms. The van der Waals surface area contributed by atoms with Crippen LogP contribution in [-0.4, -0.2) is 8.32 Å². The molecule has 1 aromatic rings. The van der Waals surface area contributed by atoms with E-state index in [9.17, 15) is 0 Å². The molecule has 0 saturated carbocycles. The zero-order valence-corrected chi connectivity index (χ0v) is 10.4. The van der Waals surface area contributed by atoms with Crippen LogP contribution in [-0.2, 0) is 0 Å². The van der Waals surface area contributed by atoms with Crippen LogP contribution in [0.5, 0.6) is 5.75 Å². The Balaban J connectivity index is 2.86. The molecule has 0 atom stereocenters. The Morgan fingerprint density at radius 2 is 1.69 bits per heavy atom. The van der Waals surface area contributed by atoms with Crippen molar-refractivity contribution < 1.29 is 4.43 Å². The third-order valence-electron chi connectivity index (χ3n) is 1.32. The van der Waals surface area contributed by atoms with Gasteiger partial charge in [0, 0.05) is 0 Å². The number of rotatable bonds is 2. The summed E-state index contributed by atoms with van der Waals surface area (Å²) in [6.45, 7) is 6.36. The van der Waals surface area contributed by atoms with E-state index >= 15 is 0 Å². The molecule has 0 aromatic heterocycles. The highest BCUT2D eigenvalue weighted by Gasteiger charge is 2.16. The Morgan fingerprint density at radius 3 is 2.15 bits per heavy atom. The van der Waals surface area contributed by atoms with Gasteiger partial charge in [-0.2, -0.15) is 0 Å². The standard InChI is InChI=1S/C9H12Cl2OSi/c1-13(2,3)12-7-4-5-8(10)9(11)6-7/h4-6H,1-3H3. The van der Waals surface area contributed by atoms with Crippen molar-refractivity contribution in [3.05, 3.63) is 28.2 Å². The largest absolute Gasteiger partial charge is 0.544 e. The van der Waals surface area contributed by atoms with Gasteiger partial charge in [-0.15, -0.1) is 0 Å². The van der Waals surface area contributed by atoms with E-state index in [1.807, 2.05) is 6.07 Å². The van der Waals surface area contributed by atoms with Gasteiger partial charge in [-0.1, -0.05) is 23.2 Å². The molecular weight excluding hydrogens is 223 g/mol. The molecule has 1 rings (SSSR count). The van der Waals surface area contributed by atoms with Gasteiger partial charge in [-0.05, 0) is 37.8 Å². The monoisotopic (exact) mass is 234 g/mol. The van der Waals surface area contributed by atoms with Crippen LogP contribution in [0.1, 0.15) is 0 Å². The fourth-order valence-corrected chi connectivity index (χ4v) is 2.02. The summed E-state index contributed by atoms with van der Waals surface area (Å²) in [7, 11) is -1.54. The summed E-state index contributed by atoms with van der Waals surface area (Å²) in [4.78, 5) is 0. The van der Waals surface area contributed by atoms with Crippen LogP contribution in [0.3, 0.4) is 0 Å². The number of hydrogen-bond donors (Lipinski definition) is 0. The van der Waals surface area contributed by atoms with Crippen LogP contribution < -0.4 is 4.43 Å². The molecule has 0 saturated heterocycles. The van der Waals surface area contributed by atoms with Crippen molar-refractivity contribution in [2.24, 2.45) is 0 Å². The summed E-state index contributed by atoms with van der Waals surface area (Å²) in [5.74, 6) is 0.800. The third-order valence-corrected chi connectivity index (χ3v) is 2.90. The topological polar surface area (TPSA) is 9.23 Å². The second-order valence-electron chi connectivity index (χ2n) is 3.79. The molecule has 1 aromatic carbocycles. The van der Waals surface area contributed by atoms with Crippen molar-refractivity contribution in [3.8, 4) is 5.75 Å². The van der Waals surface area contributed by atoms with Crippen LogP contribution >= 0.6 is 23.2 Å². The highest BCUT2D eigenvalue weighted by atomic mass is 35.5. The fourth-order valence-electron chi connectivity index (χ4n) is 0.894. The van der Waals surface area contributed by atoms with E-state index in [-0.39, 0.29) is 0 Å². The first-order chi connectivity index (χ1) is 5.88. The third kappa shape index (κ3) is 3.59. The molecule has 13 heavy (non-hydrogen) atoms. The average molecular weight is 235 g/mol. The predicted octanol–water partition coefficient (Wildman–Crippen LogP) is 4.21. The van der Waals surface area contributed by atoms with Crippen molar-refractivity contribution in [1.82, 2.24) is 0 Å². The molecule has 0 fully saturated rings. The molecule has 1 nitrogen and oxygen atoms in total. The zero-order chi connectivity index (χ0) is 10.1. The van der Waals surface area contributed by atoms with Gasteiger partial charge in [0.1, 0.15) is 5.75 Å². The summed E-state index contributed by atoms with van der Waals surface area (Å²) >= 11 is 11.6. The van der Waals surface area contributed by atoms with Gasteiger partial charge in [-0.3, -0.25) is 0 Å². The van der Waals surface area contributed by atoms with Crippen LogP contribution in [0.2, 0.25) is 29.7 Å². The lowest BCUT2D eigenvalue weighted by Crippen LogP contribution is -2.29. The Hall–Kier alpha value is -0.183. The number of halogens is 2. The smallest absolute Gasteiger partial charge is 0.242 e. The quantitative estimate of drug-likeness (QED) is 0.698. The first-order valence-electron chi connectivity index (χ1n) is 4.02. The maximum atomic E-state index is 5.85. The first-order valence-corrected chi connectivity index (χ1v) is 8.19. The molecule has 0 aliphatic heterocycles. The molecule has 0 unspecified atom stereocenters. The highest BCUT2D eigenvalue weighted by molar-refractivity contribution is 6.70. The Morgan fingerprint density at radius 1 is 1.08 bits per heavy atom. The average Bonchev–Trinajstić information content (AvgIpc) is 1.94. The Bertz CT molecular complexity index is 307. The Labute approximate surface area is 89.8 Å². The van der Waals surface area contributed by atoms with Crippen LogP contribution in [0, 0.1) is 0 Å². The van der Waals surface area contributed by atoms with Crippen molar-refractivity contribution in [2.75, 3.05) is 0 Å². The molecule has 0 aliphatic rings. The zero-order valence-electron chi connectivity index (χ0n) is 7.90. The van der Waals surface area contributed by atoms with Crippen molar-refractivity contribution >= 4 is 31.5 Å². The van der Waals surface area contributed by atoms with Crippen molar-refractivity contribution in [2.45, 2.75) is 19.6 Å². The van der Waals surface area contributed by atoms with Gasteiger partial charge >= 0.3 is 0 Å². The maximum Gasteiger partial charge on any atom is 0.242 e. The van der Waals surface area contributed by atoms with E-state index in [1.165, 1.54) is 0 Å². The minimum Gasteiger partial charge on any atom is -0.544 e. The van der Waals surface area contributed by atoms with Gasteiger partial charge in [-0.25, -0.2) is 0 Å². The molecule has 0 aliphatic carbocycles. The van der Waals surface area contributed by atoms with E-state index in [2.05, 4.69) is 19.6 Å². The molecule has 0 bridgehead atoms. The van der Waals surface area contributed by atoms with Crippen LogP contribution in [0.25, 0.3) is 0 Å². The lowest BCUT2D eigenvalue weighted by atomic mass is 10.3. The predicted molar refractivity (Wildman–Crippen MR) is 60.4 cm³/mol. The molecule has 0 radical (unpaired) electrons. The molecular formula is C9H12Cl2OSi. The van der Waals surface area contributed by atoms with E-state index < -0.39 is 8.32 Å². The lowest BCUT2D eigenvalue weighted by molar-refractivity contribution is 0.558. The van der Waals surface area contributed by atoms with Gasteiger partial charge in [0.05, 0.1) is 10.0 Å². The normalized spacial score (nSPS) is 11.5. The minimum absolute atomic E-state index is 0.539. The summed E-state index contributed by atoms with van der Waals surface area (Å²) in [5, 5.41) is 1.10. The lowest BCUT2D eigenvalue weighted by Gasteiger charge is -2.19. The first kappa shape index (κ1) is 10.9. The number of benzene rings is 1. The van der Waals surface area contributed by atoms with Crippen LogP contribution in [0.15, 0.2) is 18.2 Å². The molecule has 0 amide bonds. The summed E-state index contributed by atoms with van der Waals surface area (Å²) < 4.78 is 5.73. The molecule has 0 heterocycles.